The molecule has 2 unspecified atom stereocenters. The van der Waals surface area contributed by atoms with Crippen molar-refractivity contribution in [2.24, 2.45) is 5.73 Å². The molecule has 0 amide bonds. The molecular weight excluding hydrogens is 190 g/mol. The van der Waals surface area contributed by atoms with Crippen molar-refractivity contribution in [1.29, 1.82) is 0 Å². The van der Waals surface area contributed by atoms with E-state index in [9.17, 15) is 0 Å². The van der Waals surface area contributed by atoms with Gasteiger partial charge in [-0.3, -0.25) is 9.38 Å². The Labute approximate surface area is 87.3 Å². The van der Waals surface area contributed by atoms with Gasteiger partial charge in [0.05, 0.1) is 6.20 Å². The van der Waals surface area contributed by atoms with Gasteiger partial charge in [-0.15, -0.1) is 10.2 Å². The molecule has 0 radical (unpaired) electrons. The Morgan fingerprint density at radius 1 is 1.33 bits per heavy atom. The van der Waals surface area contributed by atoms with Crippen molar-refractivity contribution in [3.63, 3.8) is 0 Å². The molecule has 0 bridgehead atoms. The number of aromatic nitrogens is 4. The van der Waals surface area contributed by atoms with E-state index in [4.69, 9.17) is 5.73 Å². The highest BCUT2D eigenvalue weighted by Crippen LogP contribution is 2.32. The molecule has 0 spiro atoms. The molecule has 78 valence electrons. The van der Waals surface area contributed by atoms with Crippen molar-refractivity contribution in [2.45, 2.75) is 31.2 Å². The molecule has 3 rings (SSSR count). The van der Waals surface area contributed by atoms with Crippen molar-refractivity contribution < 1.29 is 0 Å². The Morgan fingerprint density at radius 3 is 3.07 bits per heavy atom. The minimum absolute atomic E-state index is 0.227. The number of fused-ring (bicyclic) bond motifs is 1. The molecule has 1 aliphatic carbocycles. The quantitative estimate of drug-likeness (QED) is 0.741. The third kappa shape index (κ3) is 1.31. The molecule has 5 heteroatoms. The minimum atomic E-state index is 0.227. The predicted octanol–water partition coefficient (Wildman–Crippen LogP) is 0.719. The first kappa shape index (κ1) is 8.79. The molecule has 1 fully saturated rings. The lowest BCUT2D eigenvalue weighted by molar-refractivity contribution is 0.575. The van der Waals surface area contributed by atoms with Crippen LogP contribution in [0.5, 0.6) is 0 Å². The van der Waals surface area contributed by atoms with Crippen molar-refractivity contribution in [2.75, 3.05) is 0 Å². The molecule has 0 aliphatic heterocycles. The van der Waals surface area contributed by atoms with E-state index in [-0.39, 0.29) is 6.04 Å². The highest BCUT2D eigenvalue weighted by molar-refractivity contribution is 5.34. The van der Waals surface area contributed by atoms with Crippen molar-refractivity contribution >= 4 is 5.65 Å². The summed E-state index contributed by atoms with van der Waals surface area (Å²) in [5, 5.41) is 8.31. The van der Waals surface area contributed by atoms with Crippen LogP contribution in [0.4, 0.5) is 0 Å². The summed E-state index contributed by atoms with van der Waals surface area (Å²) in [6.07, 6.45) is 8.76. The molecule has 2 N–H and O–H groups in total. The molecule has 1 saturated carbocycles. The Morgan fingerprint density at radius 2 is 2.27 bits per heavy atom. The zero-order valence-corrected chi connectivity index (χ0v) is 8.37. The molecule has 15 heavy (non-hydrogen) atoms. The van der Waals surface area contributed by atoms with E-state index in [0.717, 1.165) is 24.3 Å². The van der Waals surface area contributed by atoms with Crippen LogP contribution in [0.3, 0.4) is 0 Å². The van der Waals surface area contributed by atoms with E-state index in [0.29, 0.717) is 5.92 Å². The summed E-state index contributed by atoms with van der Waals surface area (Å²) in [6, 6.07) is 0.227. The van der Waals surface area contributed by atoms with Gasteiger partial charge >= 0.3 is 0 Å². The minimum Gasteiger partial charge on any atom is -0.327 e. The first-order chi connectivity index (χ1) is 7.36. The van der Waals surface area contributed by atoms with Gasteiger partial charge in [-0.05, 0) is 12.8 Å². The third-order valence-electron chi connectivity index (χ3n) is 3.14. The van der Waals surface area contributed by atoms with Crippen LogP contribution in [0.2, 0.25) is 0 Å². The van der Waals surface area contributed by atoms with E-state index in [1.54, 1.807) is 12.4 Å². The van der Waals surface area contributed by atoms with Crippen LogP contribution in [0.15, 0.2) is 18.6 Å². The van der Waals surface area contributed by atoms with Crippen LogP contribution >= 0.6 is 0 Å². The van der Waals surface area contributed by atoms with Crippen LogP contribution in [0.25, 0.3) is 5.65 Å². The van der Waals surface area contributed by atoms with Gasteiger partial charge in [-0.25, -0.2) is 0 Å². The summed E-state index contributed by atoms with van der Waals surface area (Å²) < 4.78 is 1.99. The second-order valence-corrected chi connectivity index (χ2v) is 4.06. The highest BCUT2D eigenvalue weighted by Gasteiger charge is 2.29. The smallest absolute Gasteiger partial charge is 0.179 e. The fraction of sp³-hybridized carbons (Fsp3) is 0.500. The van der Waals surface area contributed by atoms with Crippen molar-refractivity contribution in [3.8, 4) is 0 Å². The molecular formula is C10H13N5. The van der Waals surface area contributed by atoms with E-state index < -0.39 is 0 Å². The van der Waals surface area contributed by atoms with E-state index in [1.807, 2.05) is 10.6 Å². The summed E-state index contributed by atoms with van der Waals surface area (Å²) in [7, 11) is 0. The Kier molecular flexibility index (Phi) is 1.92. The van der Waals surface area contributed by atoms with Gasteiger partial charge in [0, 0.05) is 24.4 Å². The summed E-state index contributed by atoms with van der Waals surface area (Å²) in [4.78, 5) is 4.02. The number of nitrogens with two attached hydrogens (primary N) is 1. The molecule has 2 atom stereocenters. The zero-order valence-electron chi connectivity index (χ0n) is 8.37. The molecule has 2 aromatic rings. The largest absolute Gasteiger partial charge is 0.327 e. The first-order valence-electron chi connectivity index (χ1n) is 5.26. The van der Waals surface area contributed by atoms with E-state index >= 15 is 0 Å². The summed E-state index contributed by atoms with van der Waals surface area (Å²) in [6.45, 7) is 0. The Hall–Kier alpha value is -1.49. The van der Waals surface area contributed by atoms with Gasteiger partial charge in [0.15, 0.2) is 5.65 Å². The van der Waals surface area contributed by atoms with Crippen LogP contribution in [0, 0.1) is 0 Å². The number of rotatable bonds is 1. The SMILES string of the molecule is NC1CCCC1c1nnc2cnccn12. The predicted molar refractivity (Wildman–Crippen MR) is 55.3 cm³/mol. The molecule has 2 heterocycles. The van der Waals surface area contributed by atoms with Crippen LogP contribution < -0.4 is 5.73 Å². The topological polar surface area (TPSA) is 69.1 Å². The van der Waals surface area contributed by atoms with Crippen molar-refractivity contribution in [3.05, 3.63) is 24.4 Å². The standard InChI is InChI=1S/C10H13N5/c11-8-3-1-2-7(8)10-14-13-9-6-12-4-5-15(9)10/h4-8H,1-3,11H2. The van der Waals surface area contributed by atoms with Gasteiger partial charge < -0.3 is 5.73 Å². The maximum absolute atomic E-state index is 6.06. The fourth-order valence-electron chi connectivity index (χ4n) is 2.33. The normalized spacial score (nSPS) is 26.2. The third-order valence-corrected chi connectivity index (χ3v) is 3.14. The lowest BCUT2D eigenvalue weighted by Gasteiger charge is -2.12. The number of hydrogen-bond acceptors (Lipinski definition) is 4. The maximum atomic E-state index is 6.06. The highest BCUT2D eigenvalue weighted by atomic mass is 15.3. The summed E-state index contributed by atoms with van der Waals surface area (Å²) in [5.41, 5.74) is 6.86. The number of hydrogen-bond donors (Lipinski definition) is 1. The average Bonchev–Trinajstić information content (AvgIpc) is 2.83. The molecule has 2 aromatic heterocycles. The number of nitrogens with zero attached hydrogens (tertiary/aromatic N) is 4. The van der Waals surface area contributed by atoms with Crippen molar-refractivity contribution in [1.82, 2.24) is 19.6 Å². The van der Waals surface area contributed by atoms with Gasteiger partial charge in [-0.2, -0.15) is 0 Å². The monoisotopic (exact) mass is 203 g/mol. The van der Waals surface area contributed by atoms with E-state index in [1.165, 1.54) is 6.42 Å². The first-order valence-corrected chi connectivity index (χ1v) is 5.26. The molecule has 1 aliphatic rings. The van der Waals surface area contributed by atoms with Crippen LogP contribution in [-0.4, -0.2) is 25.6 Å². The van der Waals surface area contributed by atoms with Gasteiger partial charge in [-0.1, -0.05) is 6.42 Å². The summed E-state index contributed by atoms with van der Waals surface area (Å²) >= 11 is 0. The average molecular weight is 203 g/mol. The van der Waals surface area contributed by atoms with Crippen LogP contribution in [-0.2, 0) is 0 Å². The Balaban J connectivity index is 2.10. The molecule has 0 aromatic carbocycles. The fourth-order valence-corrected chi connectivity index (χ4v) is 2.33. The zero-order chi connectivity index (χ0) is 10.3. The van der Waals surface area contributed by atoms with Crippen LogP contribution in [0.1, 0.15) is 31.0 Å². The van der Waals surface area contributed by atoms with Gasteiger partial charge in [0.2, 0.25) is 0 Å². The maximum Gasteiger partial charge on any atom is 0.179 e. The second kappa shape index (κ2) is 3.27. The summed E-state index contributed by atoms with van der Waals surface area (Å²) in [5.74, 6) is 1.33. The molecule has 5 nitrogen and oxygen atoms in total. The Bertz CT molecular complexity index is 477. The van der Waals surface area contributed by atoms with Gasteiger partial charge in [0.25, 0.3) is 0 Å². The lowest BCUT2D eigenvalue weighted by atomic mass is 10.0. The van der Waals surface area contributed by atoms with Gasteiger partial charge in [0.1, 0.15) is 5.82 Å². The second-order valence-electron chi connectivity index (χ2n) is 4.06. The van der Waals surface area contributed by atoms with E-state index in [2.05, 4.69) is 15.2 Å². The lowest BCUT2D eigenvalue weighted by Crippen LogP contribution is -2.24. The molecule has 0 saturated heterocycles.